The van der Waals surface area contributed by atoms with E-state index >= 15 is 0 Å². The second kappa shape index (κ2) is 5.40. The summed E-state index contributed by atoms with van der Waals surface area (Å²) in [6, 6.07) is 7.70. The van der Waals surface area contributed by atoms with Crippen molar-refractivity contribution in [2.24, 2.45) is 5.73 Å². The predicted molar refractivity (Wildman–Crippen MR) is 70.2 cm³/mol. The molecule has 1 amide bonds. The first-order valence-electron chi connectivity index (χ1n) is 6.31. The van der Waals surface area contributed by atoms with E-state index in [1.54, 1.807) is 14.0 Å². The summed E-state index contributed by atoms with van der Waals surface area (Å²) >= 11 is 0. The zero-order valence-electron chi connectivity index (χ0n) is 10.9. The lowest BCUT2D eigenvalue weighted by Crippen LogP contribution is -2.42. The Morgan fingerprint density at radius 2 is 2.17 bits per heavy atom. The van der Waals surface area contributed by atoms with E-state index in [1.807, 2.05) is 29.2 Å². The van der Waals surface area contributed by atoms with Crippen molar-refractivity contribution >= 4 is 5.91 Å². The second-order valence-electron chi connectivity index (χ2n) is 4.80. The van der Waals surface area contributed by atoms with Gasteiger partial charge in [-0.25, -0.2) is 0 Å². The number of para-hydroxylation sites is 1. The van der Waals surface area contributed by atoms with Gasteiger partial charge in [0.25, 0.3) is 0 Å². The number of nitrogens with zero attached hydrogens (tertiary/aromatic N) is 1. The number of nitrogens with two attached hydrogens (primary N) is 1. The van der Waals surface area contributed by atoms with E-state index < -0.39 is 6.04 Å². The van der Waals surface area contributed by atoms with E-state index in [0.717, 1.165) is 24.2 Å². The first-order valence-corrected chi connectivity index (χ1v) is 6.31. The number of amides is 1. The van der Waals surface area contributed by atoms with Crippen molar-refractivity contribution in [2.75, 3.05) is 7.11 Å². The minimum absolute atomic E-state index is 0.0170. The van der Waals surface area contributed by atoms with Gasteiger partial charge in [-0.05, 0) is 25.8 Å². The molecule has 0 heterocycles. The minimum Gasteiger partial charge on any atom is -0.496 e. The maximum absolute atomic E-state index is 12.1. The van der Waals surface area contributed by atoms with E-state index in [1.165, 1.54) is 0 Å². The Kier molecular flexibility index (Phi) is 3.87. The molecule has 1 aromatic rings. The van der Waals surface area contributed by atoms with Crippen LogP contribution in [0.3, 0.4) is 0 Å². The normalized spacial score (nSPS) is 16.2. The van der Waals surface area contributed by atoms with Crippen molar-refractivity contribution in [1.82, 2.24) is 4.90 Å². The van der Waals surface area contributed by atoms with E-state index in [4.69, 9.17) is 10.5 Å². The van der Waals surface area contributed by atoms with E-state index in [2.05, 4.69) is 0 Å². The van der Waals surface area contributed by atoms with Crippen LogP contribution in [0, 0.1) is 0 Å². The molecule has 2 N–H and O–H groups in total. The summed E-state index contributed by atoms with van der Waals surface area (Å²) in [6.45, 7) is 2.31. The number of rotatable bonds is 5. The second-order valence-corrected chi connectivity index (χ2v) is 4.80. The summed E-state index contributed by atoms with van der Waals surface area (Å²) in [4.78, 5) is 14.0. The van der Waals surface area contributed by atoms with Crippen LogP contribution < -0.4 is 10.5 Å². The Bertz CT molecular complexity index is 428. The molecule has 1 fully saturated rings. The highest BCUT2D eigenvalue weighted by atomic mass is 16.5. The zero-order chi connectivity index (χ0) is 13.1. The first kappa shape index (κ1) is 12.9. The van der Waals surface area contributed by atoms with Crippen LogP contribution in [0.25, 0.3) is 0 Å². The Balaban J connectivity index is 2.16. The SMILES string of the molecule is COc1ccccc1CN(C(=O)[C@@H](C)N)C1CC1. The van der Waals surface area contributed by atoms with Gasteiger partial charge in [0.1, 0.15) is 5.75 Å². The van der Waals surface area contributed by atoms with Crippen molar-refractivity contribution in [2.45, 2.75) is 38.4 Å². The van der Waals surface area contributed by atoms with Gasteiger partial charge < -0.3 is 15.4 Å². The van der Waals surface area contributed by atoms with Crippen molar-refractivity contribution in [3.63, 3.8) is 0 Å². The topological polar surface area (TPSA) is 55.6 Å². The van der Waals surface area contributed by atoms with Gasteiger partial charge in [-0.1, -0.05) is 18.2 Å². The number of benzene rings is 1. The Labute approximate surface area is 108 Å². The van der Waals surface area contributed by atoms with Crippen LogP contribution in [-0.2, 0) is 11.3 Å². The molecule has 0 spiro atoms. The molecule has 1 atom stereocenters. The quantitative estimate of drug-likeness (QED) is 0.859. The number of methoxy groups -OCH3 is 1. The number of hydrogen-bond donors (Lipinski definition) is 1. The molecule has 0 aromatic heterocycles. The molecule has 1 saturated carbocycles. The molecular weight excluding hydrogens is 228 g/mol. The molecule has 0 saturated heterocycles. The van der Waals surface area contributed by atoms with Gasteiger partial charge in [0.05, 0.1) is 13.2 Å². The molecule has 18 heavy (non-hydrogen) atoms. The average molecular weight is 248 g/mol. The number of carbonyl (C=O) groups is 1. The third kappa shape index (κ3) is 2.82. The molecule has 0 unspecified atom stereocenters. The summed E-state index contributed by atoms with van der Waals surface area (Å²) in [5, 5.41) is 0. The lowest BCUT2D eigenvalue weighted by molar-refractivity contribution is -0.133. The molecule has 1 aliphatic carbocycles. The number of ether oxygens (including phenoxy) is 1. The molecular formula is C14H20N2O2. The lowest BCUT2D eigenvalue weighted by Gasteiger charge is -2.25. The third-order valence-electron chi connectivity index (χ3n) is 3.19. The van der Waals surface area contributed by atoms with E-state index in [0.29, 0.717) is 12.6 Å². The molecule has 0 radical (unpaired) electrons. The summed E-state index contributed by atoms with van der Waals surface area (Å²) in [6.07, 6.45) is 2.15. The highest BCUT2D eigenvalue weighted by Crippen LogP contribution is 2.30. The monoisotopic (exact) mass is 248 g/mol. The third-order valence-corrected chi connectivity index (χ3v) is 3.19. The molecule has 0 bridgehead atoms. The van der Waals surface area contributed by atoms with Crippen LogP contribution in [0.4, 0.5) is 0 Å². The van der Waals surface area contributed by atoms with Gasteiger partial charge in [-0.3, -0.25) is 4.79 Å². The Morgan fingerprint density at radius 1 is 1.50 bits per heavy atom. The van der Waals surface area contributed by atoms with E-state index in [-0.39, 0.29) is 5.91 Å². The van der Waals surface area contributed by atoms with Gasteiger partial charge in [-0.2, -0.15) is 0 Å². The largest absolute Gasteiger partial charge is 0.496 e. The fourth-order valence-corrected chi connectivity index (χ4v) is 2.05. The molecule has 1 aromatic carbocycles. The fourth-order valence-electron chi connectivity index (χ4n) is 2.05. The number of carbonyl (C=O) groups excluding carboxylic acids is 1. The minimum atomic E-state index is -0.444. The van der Waals surface area contributed by atoms with Crippen LogP contribution >= 0.6 is 0 Å². The molecule has 0 aliphatic heterocycles. The zero-order valence-corrected chi connectivity index (χ0v) is 10.9. The molecule has 2 rings (SSSR count). The fraction of sp³-hybridized carbons (Fsp3) is 0.500. The van der Waals surface area contributed by atoms with Crippen LogP contribution in [-0.4, -0.2) is 30.0 Å². The van der Waals surface area contributed by atoms with Gasteiger partial charge in [0.15, 0.2) is 0 Å². The van der Waals surface area contributed by atoms with Gasteiger partial charge in [0, 0.05) is 18.2 Å². The maximum atomic E-state index is 12.1. The van der Waals surface area contributed by atoms with Crippen LogP contribution in [0.5, 0.6) is 5.75 Å². The standard InChI is InChI=1S/C14H20N2O2/c1-10(15)14(17)16(12-7-8-12)9-11-5-3-4-6-13(11)18-2/h3-6,10,12H,7-9,15H2,1-2H3/t10-/m1/s1. The summed E-state index contributed by atoms with van der Waals surface area (Å²) in [5.74, 6) is 0.837. The summed E-state index contributed by atoms with van der Waals surface area (Å²) in [5.41, 5.74) is 6.73. The number of hydrogen-bond acceptors (Lipinski definition) is 3. The molecule has 4 nitrogen and oxygen atoms in total. The molecule has 1 aliphatic rings. The van der Waals surface area contributed by atoms with Crippen LogP contribution in [0.2, 0.25) is 0 Å². The average Bonchev–Trinajstić information content (AvgIpc) is 3.19. The van der Waals surface area contributed by atoms with Gasteiger partial charge in [0.2, 0.25) is 5.91 Å². The summed E-state index contributed by atoms with van der Waals surface area (Å²) in [7, 11) is 1.65. The first-order chi connectivity index (χ1) is 8.63. The van der Waals surface area contributed by atoms with Crippen LogP contribution in [0.15, 0.2) is 24.3 Å². The van der Waals surface area contributed by atoms with Crippen LogP contribution in [0.1, 0.15) is 25.3 Å². The van der Waals surface area contributed by atoms with Crippen molar-refractivity contribution in [1.29, 1.82) is 0 Å². The predicted octanol–water partition coefficient (Wildman–Crippen LogP) is 1.53. The van der Waals surface area contributed by atoms with Crippen molar-refractivity contribution < 1.29 is 9.53 Å². The lowest BCUT2D eigenvalue weighted by atomic mass is 10.1. The maximum Gasteiger partial charge on any atom is 0.239 e. The smallest absolute Gasteiger partial charge is 0.239 e. The Hall–Kier alpha value is -1.55. The summed E-state index contributed by atoms with van der Waals surface area (Å²) < 4.78 is 5.32. The Morgan fingerprint density at radius 3 is 2.72 bits per heavy atom. The highest BCUT2D eigenvalue weighted by Gasteiger charge is 2.34. The molecule has 4 heteroatoms. The van der Waals surface area contributed by atoms with Crippen molar-refractivity contribution in [3.05, 3.63) is 29.8 Å². The van der Waals surface area contributed by atoms with Gasteiger partial charge >= 0.3 is 0 Å². The van der Waals surface area contributed by atoms with E-state index in [9.17, 15) is 4.79 Å². The highest BCUT2D eigenvalue weighted by molar-refractivity contribution is 5.81. The van der Waals surface area contributed by atoms with Crippen molar-refractivity contribution in [3.8, 4) is 5.75 Å². The van der Waals surface area contributed by atoms with Gasteiger partial charge in [-0.15, -0.1) is 0 Å². The molecule has 98 valence electrons.